The quantitative estimate of drug-likeness (QED) is 0.310. The van der Waals surface area contributed by atoms with Crippen LogP contribution in [0.25, 0.3) is 0 Å². The van der Waals surface area contributed by atoms with Gasteiger partial charge in [-0.25, -0.2) is 0 Å². The summed E-state index contributed by atoms with van der Waals surface area (Å²) < 4.78 is 5.96. The first-order valence-corrected chi connectivity index (χ1v) is 11.3. The molecule has 0 aromatic heterocycles. The van der Waals surface area contributed by atoms with Crippen LogP contribution in [-0.4, -0.2) is 92.1 Å². The van der Waals surface area contributed by atoms with Gasteiger partial charge in [-0.1, -0.05) is 30.3 Å². The minimum atomic E-state index is 0. The minimum absolute atomic E-state index is 0. The fourth-order valence-corrected chi connectivity index (χ4v) is 4.09. The molecule has 0 saturated carbocycles. The summed E-state index contributed by atoms with van der Waals surface area (Å²) in [7, 11) is 0. The SMILES string of the molecule is CCNC(=NCCN1CCN(C(C)=O)CC1)N1CCC(COCc2ccccc2)C1.I. The van der Waals surface area contributed by atoms with E-state index in [0.717, 1.165) is 77.9 Å². The number of carbonyl (C=O) groups excluding carboxylic acids is 1. The zero-order valence-electron chi connectivity index (χ0n) is 19.0. The van der Waals surface area contributed by atoms with Crippen LogP contribution in [0.3, 0.4) is 0 Å². The molecule has 1 amide bonds. The van der Waals surface area contributed by atoms with Crippen molar-refractivity contribution >= 4 is 35.8 Å². The normalized spacial score (nSPS) is 19.9. The van der Waals surface area contributed by atoms with Crippen LogP contribution in [-0.2, 0) is 16.1 Å². The molecule has 1 aromatic rings. The van der Waals surface area contributed by atoms with Crippen molar-refractivity contribution < 1.29 is 9.53 Å². The molecule has 1 atom stereocenters. The van der Waals surface area contributed by atoms with E-state index in [1.54, 1.807) is 6.92 Å². The van der Waals surface area contributed by atoms with E-state index in [0.29, 0.717) is 12.5 Å². The number of rotatable bonds is 8. The van der Waals surface area contributed by atoms with Crippen LogP contribution in [0.4, 0.5) is 0 Å². The van der Waals surface area contributed by atoms with E-state index >= 15 is 0 Å². The molecule has 2 aliphatic heterocycles. The summed E-state index contributed by atoms with van der Waals surface area (Å²) in [6, 6.07) is 10.4. The van der Waals surface area contributed by atoms with Gasteiger partial charge in [-0.3, -0.25) is 14.7 Å². The van der Waals surface area contributed by atoms with Crippen molar-refractivity contribution in [2.45, 2.75) is 26.9 Å². The van der Waals surface area contributed by atoms with Gasteiger partial charge in [-0.2, -0.15) is 0 Å². The fourth-order valence-electron chi connectivity index (χ4n) is 4.09. The van der Waals surface area contributed by atoms with E-state index in [1.807, 2.05) is 11.0 Å². The molecule has 0 spiro atoms. The van der Waals surface area contributed by atoms with Gasteiger partial charge in [0.15, 0.2) is 5.96 Å². The number of nitrogens with one attached hydrogen (secondary N) is 1. The second-order valence-electron chi connectivity index (χ2n) is 8.18. The molecule has 2 saturated heterocycles. The molecule has 31 heavy (non-hydrogen) atoms. The highest BCUT2D eigenvalue weighted by molar-refractivity contribution is 14.0. The summed E-state index contributed by atoms with van der Waals surface area (Å²) >= 11 is 0. The average molecular weight is 543 g/mol. The molecule has 8 heteroatoms. The predicted octanol–water partition coefficient (Wildman–Crippen LogP) is 2.27. The number of nitrogens with zero attached hydrogens (tertiary/aromatic N) is 4. The van der Waals surface area contributed by atoms with Gasteiger partial charge in [-0.05, 0) is 18.9 Å². The van der Waals surface area contributed by atoms with Gasteiger partial charge in [0.05, 0.1) is 19.8 Å². The Morgan fingerprint density at radius 3 is 2.55 bits per heavy atom. The Labute approximate surface area is 204 Å². The number of aliphatic imine (C=N–C) groups is 1. The summed E-state index contributed by atoms with van der Waals surface area (Å²) in [6.07, 6.45) is 1.15. The maximum Gasteiger partial charge on any atom is 0.219 e. The van der Waals surface area contributed by atoms with Gasteiger partial charge in [0.25, 0.3) is 0 Å². The number of piperazine rings is 1. The van der Waals surface area contributed by atoms with Gasteiger partial charge >= 0.3 is 0 Å². The molecular formula is C23H38IN5O2. The van der Waals surface area contributed by atoms with E-state index < -0.39 is 0 Å². The number of benzene rings is 1. The number of hydrogen-bond acceptors (Lipinski definition) is 4. The summed E-state index contributed by atoms with van der Waals surface area (Å²) in [6.45, 7) is 13.4. The minimum Gasteiger partial charge on any atom is -0.376 e. The van der Waals surface area contributed by atoms with E-state index in [4.69, 9.17) is 9.73 Å². The zero-order chi connectivity index (χ0) is 21.2. The van der Waals surface area contributed by atoms with Gasteiger partial charge in [0, 0.05) is 65.2 Å². The van der Waals surface area contributed by atoms with Crippen molar-refractivity contribution in [1.82, 2.24) is 20.0 Å². The first-order valence-electron chi connectivity index (χ1n) is 11.3. The number of amides is 1. The Bertz CT molecular complexity index is 680. The zero-order valence-corrected chi connectivity index (χ0v) is 21.3. The number of likely N-dealkylation sites (tertiary alicyclic amines) is 1. The van der Waals surface area contributed by atoms with E-state index in [-0.39, 0.29) is 29.9 Å². The van der Waals surface area contributed by atoms with Crippen molar-refractivity contribution in [3.05, 3.63) is 35.9 Å². The van der Waals surface area contributed by atoms with Crippen LogP contribution in [0.15, 0.2) is 35.3 Å². The lowest BCUT2D eigenvalue weighted by molar-refractivity contribution is -0.130. The molecule has 2 fully saturated rings. The Morgan fingerprint density at radius 2 is 1.87 bits per heavy atom. The Hall–Kier alpha value is -1.39. The molecule has 3 rings (SSSR count). The lowest BCUT2D eigenvalue weighted by Gasteiger charge is -2.33. The highest BCUT2D eigenvalue weighted by Gasteiger charge is 2.25. The molecule has 2 heterocycles. The monoisotopic (exact) mass is 543 g/mol. The molecule has 2 aliphatic rings. The van der Waals surface area contributed by atoms with Crippen LogP contribution in [0.5, 0.6) is 0 Å². The Kier molecular flexibility index (Phi) is 11.6. The number of ether oxygens (including phenoxy) is 1. The van der Waals surface area contributed by atoms with Crippen molar-refractivity contribution in [1.29, 1.82) is 0 Å². The third kappa shape index (κ3) is 8.57. The highest BCUT2D eigenvalue weighted by Crippen LogP contribution is 2.17. The maximum atomic E-state index is 11.5. The average Bonchev–Trinajstić information content (AvgIpc) is 3.23. The maximum absolute atomic E-state index is 11.5. The molecule has 1 N–H and O–H groups in total. The number of hydrogen-bond donors (Lipinski definition) is 1. The lowest BCUT2D eigenvalue weighted by atomic mass is 10.1. The first kappa shape index (κ1) is 25.9. The Morgan fingerprint density at radius 1 is 1.13 bits per heavy atom. The first-order chi connectivity index (χ1) is 14.7. The summed E-state index contributed by atoms with van der Waals surface area (Å²) in [5.41, 5.74) is 1.23. The molecule has 1 aromatic carbocycles. The third-order valence-corrected chi connectivity index (χ3v) is 5.88. The van der Waals surface area contributed by atoms with Crippen LogP contribution < -0.4 is 5.32 Å². The molecule has 7 nitrogen and oxygen atoms in total. The standard InChI is InChI=1S/C23H37N5O2.HI/c1-3-24-23(25-10-12-26-13-15-27(16-14-26)20(2)29)28-11-9-22(17-28)19-30-18-21-7-5-4-6-8-21;/h4-8,22H,3,9-19H2,1-2H3,(H,24,25);1H. The molecule has 0 aliphatic carbocycles. The Balaban J connectivity index is 0.00000341. The topological polar surface area (TPSA) is 60.4 Å². The number of guanidine groups is 1. The van der Waals surface area contributed by atoms with E-state index in [2.05, 4.69) is 46.3 Å². The van der Waals surface area contributed by atoms with Crippen molar-refractivity contribution in [3.8, 4) is 0 Å². The van der Waals surface area contributed by atoms with E-state index in [1.165, 1.54) is 5.56 Å². The van der Waals surface area contributed by atoms with Crippen LogP contribution in [0.1, 0.15) is 25.8 Å². The van der Waals surface area contributed by atoms with Crippen molar-refractivity contribution in [2.75, 3.05) is 65.5 Å². The molecule has 174 valence electrons. The lowest BCUT2D eigenvalue weighted by Crippen LogP contribution is -2.48. The molecule has 0 radical (unpaired) electrons. The van der Waals surface area contributed by atoms with Crippen LogP contribution in [0, 0.1) is 5.92 Å². The van der Waals surface area contributed by atoms with Gasteiger partial charge in [0.1, 0.15) is 0 Å². The summed E-state index contributed by atoms with van der Waals surface area (Å²) in [4.78, 5) is 23.0. The fraction of sp³-hybridized carbons (Fsp3) is 0.652. The van der Waals surface area contributed by atoms with Crippen LogP contribution >= 0.6 is 24.0 Å². The highest BCUT2D eigenvalue weighted by atomic mass is 127. The predicted molar refractivity (Wildman–Crippen MR) is 136 cm³/mol. The third-order valence-electron chi connectivity index (χ3n) is 5.88. The van der Waals surface area contributed by atoms with Gasteiger partial charge < -0.3 is 19.9 Å². The smallest absolute Gasteiger partial charge is 0.219 e. The van der Waals surface area contributed by atoms with Crippen molar-refractivity contribution in [2.24, 2.45) is 10.9 Å². The number of carbonyl (C=O) groups is 1. The van der Waals surface area contributed by atoms with Crippen LogP contribution in [0.2, 0.25) is 0 Å². The molecule has 0 bridgehead atoms. The van der Waals surface area contributed by atoms with Gasteiger partial charge in [-0.15, -0.1) is 24.0 Å². The summed E-state index contributed by atoms with van der Waals surface area (Å²) in [5, 5.41) is 3.45. The van der Waals surface area contributed by atoms with Gasteiger partial charge in [0.2, 0.25) is 5.91 Å². The second-order valence-corrected chi connectivity index (χ2v) is 8.18. The van der Waals surface area contributed by atoms with E-state index in [9.17, 15) is 4.79 Å². The second kappa shape index (κ2) is 13.9. The summed E-state index contributed by atoms with van der Waals surface area (Å²) in [5.74, 6) is 1.75. The molecule has 1 unspecified atom stereocenters. The molecular weight excluding hydrogens is 505 g/mol. The number of halogens is 1. The largest absolute Gasteiger partial charge is 0.376 e. The van der Waals surface area contributed by atoms with Crippen molar-refractivity contribution in [3.63, 3.8) is 0 Å².